The predicted octanol–water partition coefficient (Wildman–Crippen LogP) is 2.35. The molecule has 0 radical (unpaired) electrons. The lowest BCUT2D eigenvalue weighted by Gasteiger charge is -2.45. The Balaban J connectivity index is 2.31. The molecule has 4 unspecified atom stereocenters. The first-order valence-electron chi connectivity index (χ1n) is 6.73. The number of ether oxygens (including phenoxy) is 2. The molecule has 0 heterocycles. The molecule has 1 fully saturated rings. The molecule has 0 spiro atoms. The third-order valence-corrected chi connectivity index (χ3v) is 3.18. The van der Waals surface area contributed by atoms with Gasteiger partial charge in [0.05, 0.1) is 18.3 Å². The van der Waals surface area contributed by atoms with Gasteiger partial charge in [0, 0.05) is 12.6 Å². The van der Waals surface area contributed by atoms with E-state index in [9.17, 15) is 0 Å². The summed E-state index contributed by atoms with van der Waals surface area (Å²) in [6.07, 6.45) is 4.33. The number of hydrogen-bond donors (Lipinski definition) is 1. The van der Waals surface area contributed by atoms with Gasteiger partial charge in [-0.05, 0) is 33.2 Å². The molecule has 3 nitrogen and oxygen atoms in total. The zero-order chi connectivity index (χ0) is 12.0. The summed E-state index contributed by atoms with van der Waals surface area (Å²) in [5.41, 5.74) is 0. The summed E-state index contributed by atoms with van der Waals surface area (Å²) in [6, 6.07) is 0.490. The van der Waals surface area contributed by atoms with Gasteiger partial charge in [0.1, 0.15) is 0 Å². The average molecular weight is 229 g/mol. The fourth-order valence-electron chi connectivity index (χ4n) is 2.37. The van der Waals surface area contributed by atoms with Gasteiger partial charge in [-0.3, -0.25) is 0 Å². The van der Waals surface area contributed by atoms with E-state index >= 15 is 0 Å². The third kappa shape index (κ3) is 3.72. The van der Waals surface area contributed by atoms with Gasteiger partial charge < -0.3 is 14.8 Å². The second-order valence-corrected chi connectivity index (χ2v) is 4.59. The van der Waals surface area contributed by atoms with Gasteiger partial charge in [0.2, 0.25) is 0 Å². The fourth-order valence-corrected chi connectivity index (χ4v) is 2.37. The van der Waals surface area contributed by atoms with Gasteiger partial charge in [0.25, 0.3) is 0 Å². The van der Waals surface area contributed by atoms with Crippen molar-refractivity contribution in [3.05, 3.63) is 0 Å². The Morgan fingerprint density at radius 1 is 1.31 bits per heavy atom. The summed E-state index contributed by atoms with van der Waals surface area (Å²) in [5.74, 6) is 0. The van der Waals surface area contributed by atoms with Crippen molar-refractivity contribution >= 4 is 0 Å². The van der Waals surface area contributed by atoms with Crippen LogP contribution >= 0.6 is 0 Å². The fraction of sp³-hybridized carbons (Fsp3) is 1.00. The van der Waals surface area contributed by atoms with E-state index < -0.39 is 0 Å². The summed E-state index contributed by atoms with van der Waals surface area (Å²) < 4.78 is 11.8. The van der Waals surface area contributed by atoms with Crippen molar-refractivity contribution in [3.63, 3.8) is 0 Å². The van der Waals surface area contributed by atoms with Crippen LogP contribution in [-0.4, -0.2) is 37.5 Å². The molecule has 96 valence electrons. The number of hydrogen-bond acceptors (Lipinski definition) is 3. The molecule has 0 aromatic heterocycles. The van der Waals surface area contributed by atoms with Crippen molar-refractivity contribution in [2.45, 2.75) is 71.3 Å². The van der Waals surface area contributed by atoms with Crippen molar-refractivity contribution in [2.75, 3.05) is 13.2 Å². The molecule has 0 aromatic carbocycles. The molecule has 4 atom stereocenters. The van der Waals surface area contributed by atoms with Crippen LogP contribution in [0.3, 0.4) is 0 Å². The van der Waals surface area contributed by atoms with Gasteiger partial charge in [0.15, 0.2) is 0 Å². The van der Waals surface area contributed by atoms with E-state index in [2.05, 4.69) is 26.1 Å². The van der Waals surface area contributed by atoms with E-state index in [0.29, 0.717) is 18.2 Å². The van der Waals surface area contributed by atoms with Gasteiger partial charge in [-0.25, -0.2) is 0 Å². The Hall–Kier alpha value is -0.120. The summed E-state index contributed by atoms with van der Waals surface area (Å²) in [6.45, 7) is 10.3. The molecule has 0 amide bonds. The van der Waals surface area contributed by atoms with Crippen molar-refractivity contribution in [2.24, 2.45) is 0 Å². The van der Waals surface area contributed by atoms with Crippen LogP contribution in [0.2, 0.25) is 0 Å². The molecule has 0 bridgehead atoms. The molecule has 1 aliphatic carbocycles. The van der Waals surface area contributed by atoms with E-state index in [0.717, 1.165) is 26.0 Å². The van der Waals surface area contributed by atoms with E-state index in [1.165, 1.54) is 6.42 Å². The minimum atomic E-state index is 0.254. The van der Waals surface area contributed by atoms with E-state index in [1.807, 2.05) is 6.92 Å². The van der Waals surface area contributed by atoms with Gasteiger partial charge >= 0.3 is 0 Å². The highest BCUT2D eigenvalue weighted by molar-refractivity contribution is 4.97. The smallest absolute Gasteiger partial charge is 0.0990 e. The maximum atomic E-state index is 6.00. The molecule has 0 aromatic rings. The minimum Gasteiger partial charge on any atom is -0.374 e. The first-order chi connectivity index (χ1) is 7.72. The second kappa shape index (κ2) is 7.25. The van der Waals surface area contributed by atoms with Crippen molar-refractivity contribution in [1.82, 2.24) is 5.32 Å². The lowest BCUT2D eigenvalue weighted by atomic mass is 9.85. The molecule has 1 aliphatic rings. The molecule has 1 N–H and O–H groups in total. The quantitative estimate of drug-likeness (QED) is 0.693. The zero-order valence-corrected chi connectivity index (χ0v) is 11.2. The largest absolute Gasteiger partial charge is 0.374 e. The maximum absolute atomic E-state index is 6.00. The first-order valence-corrected chi connectivity index (χ1v) is 6.73. The Labute approximate surface area is 99.9 Å². The second-order valence-electron chi connectivity index (χ2n) is 4.59. The van der Waals surface area contributed by atoms with Gasteiger partial charge in [-0.1, -0.05) is 20.3 Å². The predicted molar refractivity (Wildman–Crippen MR) is 66.7 cm³/mol. The lowest BCUT2D eigenvalue weighted by molar-refractivity contribution is -0.163. The number of likely N-dealkylation sites (N-methyl/N-ethyl adjacent to an activating group) is 1. The highest BCUT2D eigenvalue weighted by Crippen LogP contribution is 2.29. The van der Waals surface area contributed by atoms with Crippen molar-refractivity contribution in [3.8, 4) is 0 Å². The molecular formula is C13H27NO2. The van der Waals surface area contributed by atoms with Crippen LogP contribution in [0, 0.1) is 0 Å². The van der Waals surface area contributed by atoms with Crippen LogP contribution in [0.15, 0.2) is 0 Å². The zero-order valence-electron chi connectivity index (χ0n) is 11.2. The van der Waals surface area contributed by atoms with E-state index in [1.54, 1.807) is 0 Å². The molecular weight excluding hydrogens is 202 g/mol. The molecule has 0 aliphatic heterocycles. The lowest BCUT2D eigenvalue weighted by Crippen LogP contribution is -2.60. The molecule has 1 saturated carbocycles. The molecule has 1 rings (SSSR count). The SMILES string of the molecule is CCCC(C)OC1CC(NCC)C1OCC. The average Bonchev–Trinajstić information content (AvgIpc) is 2.25. The Morgan fingerprint density at radius 3 is 2.62 bits per heavy atom. The normalized spacial score (nSPS) is 31.1. The Morgan fingerprint density at radius 2 is 2.06 bits per heavy atom. The van der Waals surface area contributed by atoms with Crippen LogP contribution < -0.4 is 5.32 Å². The van der Waals surface area contributed by atoms with Crippen LogP contribution in [-0.2, 0) is 9.47 Å². The van der Waals surface area contributed by atoms with Gasteiger partial charge in [-0.2, -0.15) is 0 Å². The summed E-state index contributed by atoms with van der Waals surface area (Å²) in [4.78, 5) is 0. The minimum absolute atomic E-state index is 0.254. The summed E-state index contributed by atoms with van der Waals surface area (Å²) in [5, 5.41) is 3.45. The van der Waals surface area contributed by atoms with Gasteiger partial charge in [-0.15, -0.1) is 0 Å². The summed E-state index contributed by atoms with van der Waals surface area (Å²) in [7, 11) is 0. The monoisotopic (exact) mass is 229 g/mol. The van der Waals surface area contributed by atoms with E-state index in [4.69, 9.17) is 9.47 Å². The highest BCUT2D eigenvalue weighted by Gasteiger charge is 2.42. The number of rotatable bonds is 8. The van der Waals surface area contributed by atoms with Crippen LogP contribution in [0.5, 0.6) is 0 Å². The van der Waals surface area contributed by atoms with Crippen LogP contribution in [0.1, 0.15) is 47.0 Å². The molecule has 16 heavy (non-hydrogen) atoms. The Bertz CT molecular complexity index is 187. The van der Waals surface area contributed by atoms with Crippen molar-refractivity contribution in [1.29, 1.82) is 0 Å². The maximum Gasteiger partial charge on any atom is 0.0990 e. The topological polar surface area (TPSA) is 30.5 Å². The molecule has 3 heteroatoms. The van der Waals surface area contributed by atoms with E-state index in [-0.39, 0.29) is 6.10 Å². The molecule has 0 saturated heterocycles. The summed E-state index contributed by atoms with van der Waals surface area (Å²) >= 11 is 0. The van der Waals surface area contributed by atoms with Crippen LogP contribution in [0.25, 0.3) is 0 Å². The first kappa shape index (κ1) is 13.9. The number of nitrogens with one attached hydrogen (secondary N) is 1. The van der Waals surface area contributed by atoms with Crippen LogP contribution in [0.4, 0.5) is 0 Å². The third-order valence-electron chi connectivity index (χ3n) is 3.18. The Kier molecular flexibility index (Phi) is 6.32. The highest BCUT2D eigenvalue weighted by atomic mass is 16.6. The van der Waals surface area contributed by atoms with Crippen molar-refractivity contribution < 1.29 is 9.47 Å². The standard InChI is InChI=1S/C13H27NO2/c1-5-8-10(4)16-12-9-11(14-6-2)13(12)15-7-3/h10-14H,5-9H2,1-4H3.